The van der Waals surface area contributed by atoms with Crippen molar-refractivity contribution in [3.05, 3.63) is 65.9 Å². The molecule has 5 rings (SSSR count). The van der Waals surface area contributed by atoms with Gasteiger partial charge in [-0.15, -0.1) is 0 Å². The summed E-state index contributed by atoms with van der Waals surface area (Å²) in [4.78, 5) is 54.6. The molecular formula is C34H43N5O8. The van der Waals surface area contributed by atoms with Gasteiger partial charge in [-0.2, -0.15) is 5.10 Å². The second-order valence-corrected chi connectivity index (χ2v) is 12.1. The molecule has 13 heteroatoms. The highest BCUT2D eigenvalue weighted by Gasteiger charge is 2.45. The van der Waals surface area contributed by atoms with Crippen molar-refractivity contribution in [1.29, 1.82) is 0 Å². The van der Waals surface area contributed by atoms with Crippen LogP contribution in [0.4, 0.5) is 0 Å². The number of nitrogens with zero attached hydrogens (tertiary/aromatic N) is 3. The predicted molar refractivity (Wildman–Crippen MR) is 170 cm³/mol. The molecule has 0 radical (unpaired) electrons. The van der Waals surface area contributed by atoms with Crippen molar-refractivity contribution in [2.75, 3.05) is 46.5 Å². The highest BCUT2D eigenvalue weighted by atomic mass is 16.5. The molecule has 1 unspecified atom stereocenters. The number of hydrogen-bond donors (Lipinski definition) is 2. The first-order valence-corrected chi connectivity index (χ1v) is 16.1. The summed E-state index contributed by atoms with van der Waals surface area (Å²) in [5, 5.41) is 9.97. The number of nitrogens with one attached hydrogen (secondary N) is 2. The van der Waals surface area contributed by atoms with Crippen molar-refractivity contribution in [2.24, 2.45) is 11.3 Å². The van der Waals surface area contributed by atoms with Gasteiger partial charge >= 0.3 is 5.97 Å². The van der Waals surface area contributed by atoms with Crippen LogP contribution < -0.4 is 20.1 Å². The second-order valence-electron chi connectivity index (χ2n) is 12.1. The molecule has 0 saturated heterocycles. The summed E-state index contributed by atoms with van der Waals surface area (Å²) in [6.07, 6.45) is 6.89. The first-order chi connectivity index (χ1) is 22.8. The average molecular weight is 650 g/mol. The lowest BCUT2D eigenvalue weighted by Gasteiger charge is -2.32. The van der Waals surface area contributed by atoms with Gasteiger partial charge in [0.15, 0.2) is 23.9 Å². The maximum Gasteiger partial charge on any atom is 0.314 e. The Hall–Kier alpha value is -4.81. The van der Waals surface area contributed by atoms with Gasteiger partial charge in [0.2, 0.25) is 5.91 Å². The van der Waals surface area contributed by atoms with Crippen LogP contribution in [0, 0.1) is 11.3 Å². The molecule has 1 aliphatic heterocycles. The zero-order valence-corrected chi connectivity index (χ0v) is 27.0. The third-order valence-electron chi connectivity index (χ3n) is 8.41. The molecule has 13 nitrogen and oxygen atoms in total. The molecule has 47 heavy (non-hydrogen) atoms. The van der Waals surface area contributed by atoms with Gasteiger partial charge in [-0.3, -0.25) is 23.9 Å². The van der Waals surface area contributed by atoms with E-state index in [9.17, 15) is 19.2 Å². The number of carbonyl (C=O) groups is 4. The predicted octanol–water partition coefficient (Wildman–Crippen LogP) is 2.97. The molecule has 1 aliphatic carbocycles. The Kier molecular flexibility index (Phi) is 11.2. The average Bonchev–Trinajstić information content (AvgIpc) is 3.49. The Morgan fingerprint density at radius 1 is 1.11 bits per heavy atom. The lowest BCUT2D eigenvalue weighted by Crippen LogP contribution is -2.46. The van der Waals surface area contributed by atoms with Crippen molar-refractivity contribution < 1.29 is 37.8 Å². The highest BCUT2D eigenvalue weighted by molar-refractivity contribution is 5.91. The van der Waals surface area contributed by atoms with Crippen LogP contribution in [0.1, 0.15) is 60.9 Å². The molecule has 2 N–H and O–H groups in total. The minimum Gasteiger partial charge on any atom is -0.493 e. The summed E-state index contributed by atoms with van der Waals surface area (Å²) in [6.45, 7) is 2.80. The van der Waals surface area contributed by atoms with Gasteiger partial charge in [0, 0.05) is 45.0 Å². The molecule has 0 spiro atoms. The largest absolute Gasteiger partial charge is 0.493 e. The van der Waals surface area contributed by atoms with Crippen molar-refractivity contribution in [2.45, 2.75) is 52.0 Å². The van der Waals surface area contributed by atoms with E-state index < -0.39 is 5.41 Å². The first-order valence-electron chi connectivity index (χ1n) is 16.1. The number of rotatable bonds is 8. The van der Waals surface area contributed by atoms with Crippen molar-refractivity contribution in [1.82, 2.24) is 25.3 Å². The number of hydrogen-bond acceptors (Lipinski definition) is 9. The highest BCUT2D eigenvalue weighted by Crippen LogP contribution is 2.43. The number of ether oxygens (including phenoxy) is 3. The maximum atomic E-state index is 13.6. The van der Waals surface area contributed by atoms with E-state index in [-0.39, 0.29) is 75.3 Å². The molecule has 1 saturated carbocycles. The molecule has 3 heterocycles. The molecule has 2 aliphatic rings. The summed E-state index contributed by atoms with van der Waals surface area (Å²) in [5.74, 6) is 0.567. The van der Waals surface area contributed by atoms with E-state index in [2.05, 4.69) is 15.7 Å². The number of fused-ring (bicyclic) bond motifs is 2. The quantitative estimate of drug-likeness (QED) is 0.351. The number of esters is 1. The molecule has 2 bridgehead atoms. The fraction of sp³-hybridized carbons (Fsp3) is 0.500. The molecule has 252 valence electrons. The lowest BCUT2D eigenvalue weighted by atomic mass is 9.76. The van der Waals surface area contributed by atoms with Crippen LogP contribution in [-0.2, 0) is 32.1 Å². The standard InChI is InChI=1S/C34H43N5O8/c1-3-45-33(43)34(19-24-7-8-24)20-25-9-11-27(44-2)29(18-25)46-22-31(41)35-14-17-38(15-4-6-30(40)36-23-34)32(42)28-12-10-26(47-28)21-39-16-5-13-37-39/h5,9-13,16,18,24H,3-4,6-8,14-15,17,19-23H2,1-2H3,(H,35,41)(H,36,40). The van der Waals surface area contributed by atoms with E-state index in [0.29, 0.717) is 49.0 Å². The molecule has 2 aromatic heterocycles. The SMILES string of the molecule is CCOC(=O)C1(CC2CC2)CNC(=O)CCCN(C(=O)c2ccc(Cn3cccn3)o2)CCNC(=O)COc2cc(ccc2OC)C1. The third-order valence-corrected chi connectivity index (χ3v) is 8.41. The van der Waals surface area contributed by atoms with Gasteiger partial charge in [0.05, 0.1) is 25.7 Å². The summed E-state index contributed by atoms with van der Waals surface area (Å²) in [6, 6.07) is 10.5. The van der Waals surface area contributed by atoms with E-state index in [1.807, 2.05) is 6.07 Å². The summed E-state index contributed by atoms with van der Waals surface area (Å²) in [5.41, 5.74) is -0.193. The second kappa shape index (κ2) is 15.7. The van der Waals surface area contributed by atoms with Gasteiger partial charge in [-0.25, -0.2) is 0 Å². The normalized spacial score (nSPS) is 19.8. The van der Waals surface area contributed by atoms with Gasteiger partial charge in [-0.05, 0) is 68.0 Å². The first kappa shape index (κ1) is 33.6. The molecule has 1 aromatic carbocycles. The summed E-state index contributed by atoms with van der Waals surface area (Å²) >= 11 is 0. The number of amides is 3. The van der Waals surface area contributed by atoms with E-state index in [1.165, 1.54) is 7.11 Å². The van der Waals surface area contributed by atoms with Crippen LogP contribution >= 0.6 is 0 Å². The Bertz CT molecular complexity index is 1530. The van der Waals surface area contributed by atoms with E-state index in [1.54, 1.807) is 59.2 Å². The molecular weight excluding hydrogens is 606 g/mol. The zero-order valence-electron chi connectivity index (χ0n) is 27.0. The van der Waals surface area contributed by atoms with Crippen LogP contribution in [0.5, 0.6) is 11.5 Å². The molecule has 3 amide bonds. The van der Waals surface area contributed by atoms with E-state index >= 15 is 0 Å². The Labute approximate surface area is 273 Å². The van der Waals surface area contributed by atoms with Crippen LogP contribution in [-0.4, -0.2) is 84.9 Å². The zero-order chi connectivity index (χ0) is 33.2. The summed E-state index contributed by atoms with van der Waals surface area (Å²) < 4.78 is 24.4. The molecule has 3 aromatic rings. The van der Waals surface area contributed by atoms with Crippen molar-refractivity contribution in [3.8, 4) is 11.5 Å². The monoisotopic (exact) mass is 649 g/mol. The Balaban J connectivity index is 1.35. The topological polar surface area (TPSA) is 154 Å². The fourth-order valence-corrected chi connectivity index (χ4v) is 5.84. The molecule has 1 atom stereocenters. The van der Waals surface area contributed by atoms with Crippen LogP contribution in [0.25, 0.3) is 0 Å². The number of furan rings is 1. The van der Waals surface area contributed by atoms with Gasteiger partial charge in [0.25, 0.3) is 11.8 Å². The Morgan fingerprint density at radius 2 is 1.96 bits per heavy atom. The number of carbonyl (C=O) groups excluding carboxylic acids is 4. The third kappa shape index (κ3) is 9.14. The minimum absolute atomic E-state index is 0.111. The smallest absolute Gasteiger partial charge is 0.314 e. The number of aromatic nitrogens is 2. The number of benzene rings is 1. The maximum absolute atomic E-state index is 13.6. The van der Waals surface area contributed by atoms with Crippen LogP contribution in [0.2, 0.25) is 0 Å². The van der Waals surface area contributed by atoms with Crippen molar-refractivity contribution in [3.63, 3.8) is 0 Å². The molecule has 1 fully saturated rings. The lowest BCUT2D eigenvalue weighted by molar-refractivity contribution is -0.156. The van der Waals surface area contributed by atoms with E-state index in [4.69, 9.17) is 18.6 Å². The van der Waals surface area contributed by atoms with Gasteiger partial charge in [-0.1, -0.05) is 18.9 Å². The minimum atomic E-state index is -0.989. The number of methoxy groups -OCH3 is 1. The van der Waals surface area contributed by atoms with Gasteiger partial charge < -0.3 is 34.2 Å². The fourth-order valence-electron chi connectivity index (χ4n) is 5.84. The van der Waals surface area contributed by atoms with Gasteiger partial charge in [0.1, 0.15) is 5.76 Å². The van der Waals surface area contributed by atoms with E-state index in [0.717, 1.165) is 18.4 Å². The van der Waals surface area contributed by atoms with Crippen LogP contribution in [0.3, 0.4) is 0 Å². The van der Waals surface area contributed by atoms with Crippen LogP contribution in [0.15, 0.2) is 53.2 Å². The summed E-state index contributed by atoms with van der Waals surface area (Å²) in [7, 11) is 1.51. The van der Waals surface area contributed by atoms with Crippen molar-refractivity contribution >= 4 is 23.7 Å². The Morgan fingerprint density at radius 3 is 2.70 bits per heavy atom.